The van der Waals surface area contributed by atoms with Crippen LogP contribution in [0.1, 0.15) is 35.8 Å². The number of para-hydroxylation sites is 1. The monoisotopic (exact) mass is 344 g/mol. The van der Waals surface area contributed by atoms with Crippen molar-refractivity contribution in [2.75, 3.05) is 23.3 Å². The fourth-order valence-electron chi connectivity index (χ4n) is 4.25. The summed E-state index contributed by atoms with van der Waals surface area (Å²) < 4.78 is 2.13. The first-order chi connectivity index (χ1) is 12.7. The Kier molecular flexibility index (Phi) is 3.52. The van der Waals surface area contributed by atoms with Gasteiger partial charge >= 0.3 is 0 Å². The quantitative estimate of drug-likeness (QED) is 0.729. The van der Waals surface area contributed by atoms with Crippen molar-refractivity contribution in [2.45, 2.75) is 32.9 Å². The van der Waals surface area contributed by atoms with Crippen molar-refractivity contribution in [3.63, 3.8) is 0 Å². The van der Waals surface area contributed by atoms with Crippen LogP contribution in [0.2, 0.25) is 0 Å². The van der Waals surface area contributed by atoms with E-state index in [0.29, 0.717) is 0 Å². The first-order valence-electron chi connectivity index (χ1n) is 9.48. The van der Waals surface area contributed by atoms with Gasteiger partial charge in [-0.2, -0.15) is 5.10 Å². The molecule has 0 bridgehead atoms. The molecule has 1 aromatic heterocycles. The number of hydrogen-bond acceptors (Lipinski definition) is 3. The van der Waals surface area contributed by atoms with Crippen LogP contribution in [0.5, 0.6) is 0 Å². The Morgan fingerprint density at radius 3 is 2.54 bits per heavy atom. The molecule has 3 aromatic rings. The van der Waals surface area contributed by atoms with E-state index in [-0.39, 0.29) is 6.17 Å². The molecule has 1 N–H and O–H groups in total. The first kappa shape index (κ1) is 15.5. The standard InChI is InChI=1S/C22H24N4/c1-15-6-5-7-19-20-14-16(2)24-26(20)22(23-21(15)19)17-8-10-18(11-9-17)25-12-3-4-13-25/h5-11,14,22-23H,3-4,12-13H2,1-2H3/t22-/m1/s1. The third-order valence-corrected chi connectivity index (χ3v) is 5.61. The van der Waals surface area contributed by atoms with Gasteiger partial charge in [-0.25, -0.2) is 4.68 Å². The Balaban J connectivity index is 1.56. The zero-order chi connectivity index (χ0) is 17.7. The van der Waals surface area contributed by atoms with Crippen molar-refractivity contribution in [3.05, 3.63) is 65.4 Å². The first-order valence-corrected chi connectivity index (χ1v) is 9.48. The lowest BCUT2D eigenvalue weighted by Gasteiger charge is -2.30. The molecule has 0 unspecified atom stereocenters. The SMILES string of the molecule is Cc1cc2n(n1)[C@H](c1ccc(N3CCCC3)cc1)Nc1c(C)cccc1-2. The van der Waals surface area contributed by atoms with E-state index in [1.807, 2.05) is 0 Å². The lowest BCUT2D eigenvalue weighted by Crippen LogP contribution is -2.26. The lowest BCUT2D eigenvalue weighted by atomic mass is 10.0. The van der Waals surface area contributed by atoms with Gasteiger partial charge in [0, 0.05) is 30.0 Å². The largest absolute Gasteiger partial charge is 0.372 e. The van der Waals surface area contributed by atoms with E-state index in [4.69, 9.17) is 5.10 Å². The third kappa shape index (κ3) is 2.40. The van der Waals surface area contributed by atoms with Crippen LogP contribution >= 0.6 is 0 Å². The van der Waals surface area contributed by atoms with Gasteiger partial charge in [0.25, 0.3) is 0 Å². The minimum atomic E-state index is 0.0277. The molecule has 0 aliphatic carbocycles. The molecule has 0 amide bonds. The van der Waals surface area contributed by atoms with E-state index in [0.717, 1.165) is 5.69 Å². The van der Waals surface area contributed by atoms with E-state index in [9.17, 15) is 0 Å². The molecule has 0 radical (unpaired) electrons. The molecule has 26 heavy (non-hydrogen) atoms. The number of nitrogens with zero attached hydrogens (tertiary/aromatic N) is 3. The molecule has 0 spiro atoms. The maximum absolute atomic E-state index is 4.78. The number of anilines is 2. The van der Waals surface area contributed by atoms with Crippen molar-refractivity contribution >= 4 is 11.4 Å². The second kappa shape index (κ2) is 5.90. The highest BCUT2D eigenvalue weighted by atomic mass is 15.4. The molecule has 4 heteroatoms. The number of rotatable bonds is 2. The molecule has 4 nitrogen and oxygen atoms in total. The van der Waals surface area contributed by atoms with E-state index >= 15 is 0 Å². The zero-order valence-corrected chi connectivity index (χ0v) is 15.4. The molecule has 2 aromatic carbocycles. The van der Waals surface area contributed by atoms with Gasteiger partial charge in [-0.15, -0.1) is 0 Å². The van der Waals surface area contributed by atoms with Crippen LogP contribution < -0.4 is 10.2 Å². The normalized spacial score (nSPS) is 18.4. The predicted molar refractivity (Wildman–Crippen MR) is 107 cm³/mol. The van der Waals surface area contributed by atoms with Crippen molar-refractivity contribution in [1.29, 1.82) is 0 Å². The summed E-state index contributed by atoms with van der Waals surface area (Å²) in [5, 5.41) is 8.51. The van der Waals surface area contributed by atoms with Crippen LogP contribution in [0, 0.1) is 13.8 Å². The number of hydrogen-bond donors (Lipinski definition) is 1. The molecule has 0 saturated carbocycles. The molecule has 2 aliphatic heterocycles. The van der Waals surface area contributed by atoms with Gasteiger partial charge in [0.1, 0.15) is 6.17 Å². The topological polar surface area (TPSA) is 33.1 Å². The lowest BCUT2D eigenvalue weighted by molar-refractivity contribution is 0.570. The minimum absolute atomic E-state index is 0.0277. The van der Waals surface area contributed by atoms with Crippen molar-refractivity contribution in [1.82, 2.24) is 9.78 Å². The van der Waals surface area contributed by atoms with Crippen LogP contribution in [0.3, 0.4) is 0 Å². The fourth-order valence-corrected chi connectivity index (χ4v) is 4.25. The van der Waals surface area contributed by atoms with E-state index in [1.165, 1.54) is 59.7 Å². The van der Waals surface area contributed by atoms with Gasteiger partial charge in [0.15, 0.2) is 0 Å². The predicted octanol–water partition coefficient (Wildman–Crippen LogP) is 4.74. The van der Waals surface area contributed by atoms with Crippen molar-refractivity contribution in [3.8, 4) is 11.3 Å². The summed E-state index contributed by atoms with van der Waals surface area (Å²) in [6, 6.07) is 17.6. The molecule has 3 heterocycles. The van der Waals surface area contributed by atoms with Gasteiger partial charge < -0.3 is 10.2 Å². The van der Waals surface area contributed by atoms with Gasteiger partial charge in [-0.1, -0.05) is 30.3 Å². The smallest absolute Gasteiger partial charge is 0.147 e. The molecule has 1 atom stereocenters. The highest BCUT2D eigenvalue weighted by molar-refractivity contribution is 5.81. The van der Waals surface area contributed by atoms with Crippen LogP contribution in [0.15, 0.2) is 48.5 Å². The maximum atomic E-state index is 4.78. The summed E-state index contributed by atoms with van der Waals surface area (Å²) in [5.41, 5.74) is 8.53. The van der Waals surface area contributed by atoms with Gasteiger partial charge in [0.2, 0.25) is 0 Å². The van der Waals surface area contributed by atoms with E-state index in [2.05, 4.69) is 77.3 Å². The summed E-state index contributed by atoms with van der Waals surface area (Å²) in [5.74, 6) is 0. The van der Waals surface area contributed by atoms with Crippen LogP contribution in [-0.2, 0) is 0 Å². The summed E-state index contributed by atoms with van der Waals surface area (Å²) >= 11 is 0. The summed E-state index contributed by atoms with van der Waals surface area (Å²) in [4.78, 5) is 2.47. The molecule has 1 saturated heterocycles. The number of fused-ring (bicyclic) bond motifs is 3. The highest BCUT2D eigenvalue weighted by Crippen LogP contribution is 2.40. The molecule has 5 rings (SSSR count). The zero-order valence-electron chi connectivity index (χ0n) is 15.4. The van der Waals surface area contributed by atoms with Gasteiger partial charge in [0.05, 0.1) is 11.4 Å². The highest BCUT2D eigenvalue weighted by Gasteiger charge is 2.27. The number of aryl methyl sites for hydroxylation is 2. The molecular weight excluding hydrogens is 320 g/mol. The van der Waals surface area contributed by atoms with Gasteiger partial charge in [-0.3, -0.25) is 0 Å². The molecule has 1 fully saturated rings. The Morgan fingerprint density at radius 2 is 1.77 bits per heavy atom. The number of aromatic nitrogens is 2. The summed E-state index contributed by atoms with van der Waals surface area (Å²) in [7, 11) is 0. The minimum Gasteiger partial charge on any atom is -0.372 e. The Bertz CT molecular complexity index is 949. The third-order valence-electron chi connectivity index (χ3n) is 5.61. The number of benzene rings is 2. The number of nitrogens with one attached hydrogen (secondary N) is 1. The fraction of sp³-hybridized carbons (Fsp3) is 0.318. The second-order valence-corrected chi connectivity index (χ2v) is 7.45. The summed E-state index contributed by atoms with van der Waals surface area (Å²) in [6.45, 7) is 6.58. The Morgan fingerprint density at radius 1 is 1.00 bits per heavy atom. The Labute approximate surface area is 154 Å². The van der Waals surface area contributed by atoms with Crippen molar-refractivity contribution < 1.29 is 0 Å². The van der Waals surface area contributed by atoms with E-state index < -0.39 is 0 Å². The molecule has 2 aliphatic rings. The van der Waals surface area contributed by atoms with Gasteiger partial charge in [-0.05, 0) is 56.0 Å². The van der Waals surface area contributed by atoms with Crippen LogP contribution in [0.25, 0.3) is 11.3 Å². The maximum Gasteiger partial charge on any atom is 0.147 e. The average Bonchev–Trinajstić information content (AvgIpc) is 3.31. The van der Waals surface area contributed by atoms with Crippen LogP contribution in [-0.4, -0.2) is 22.9 Å². The second-order valence-electron chi connectivity index (χ2n) is 7.45. The van der Waals surface area contributed by atoms with Crippen molar-refractivity contribution in [2.24, 2.45) is 0 Å². The molecular formula is C22H24N4. The van der Waals surface area contributed by atoms with Crippen LogP contribution in [0.4, 0.5) is 11.4 Å². The Hall–Kier alpha value is -2.75. The molecule has 132 valence electrons. The average molecular weight is 344 g/mol. The van der Waals surface area contributed by atoms with E-state index in [1.54, 1.807) is 0 Å². The summed E-state index contributed by atoms with van der Waals surface area (Å²) in [6.07, 6.45) is 2.63.